The maximum Gasteiger partial charge on any atom is 0.0649 e. The molecule has 0 saturated heterocycles. The summed E-state index contributed by atoms with van der Waals surface area (Å²) in [6, 6.07) is 2.95. The van der Waals surface area contributed by atoms with Crippen LogP contribution in [0.2, 0.25) is 0 Å². The highest BCUT2D eigenvalue weighted by Gasteiger charge is 2.27. The fourth-order valence-corrected chi connectivity index (χ4v) is 6.26. The van der Waals surface area contributed by atoms with Crippen molar-refractivity contribution < 1.29 is 0 Å². The Morgan fingerprint density at radius 1 is 1.20 bits per heavy atom. The first-order valence-corrected chi connectivity index (χ1v) is 9.99. The predicted octanol–water partition coefficient (Wildman–Crippen LogP) is 5.48. The smallest absolute Gasteiger partial charge is 0.0649 e. The topological polar surface area (TPSA) is 12.0 Å². The normalized spacial score (nSPS) is 33.9. The molecule has 1 aliphatic heterocycles. The van der Waals surface area contributed by atoms with Crippen molar-refractivity contribution in [2.45, 2.75) is 67.9 Å². The van der Waals surface area contributed by atoms with Crippen molar-refractivity contribution in [2.24, 2.45) is 11.8 Å². The number of hydrogen-bond acceptors (Lipinski definition) is 3. The molecule has 0 bridgehead atoms. The number of thiophene rings is 1. The van der Waals surface area contributed by atoms with Crippen LogP contribution in [-0.4, -0.2) is 11.8 Å². The summed E-state index contributed by atoms with van der Waals surface area (Å²) in [7, 11) is 0. The minimum absolute atomic E-state index is 0.608. The van der Waals surface area contributed by atoms with Crippen LogP contribution in [0.4, 0.5) is 0 Å². The third-order valence-corrected chi connectivity index (χ3v) is 7.45. The highest BCUT2D eigenvalue weighted by molar-refractivity contribution is 8.01. The maximum absolute atomic E-state index is 3.89. The quantitative estimate of drug-likeness (QED) is 0.790. The Hall–Kier alpha value is 0.0100. The van der Waals surface area contributed by atoms with Gasteiger partial charge in [0.15, 0.2) is 0 Å². The minimum atomic E-state index is 0.608. The second kappa shape index (κ2) is 6.85. The van der Waals surface area contributed by atoms with Gasteiger partial charge < -0.3 is 5.32 Å². The minimum Gasteiger partial charge on any atom is -0.310 e. The standard InChI is InChI=1S/C17H27NS2/c1-3-13-4-6-14(7-5-13)11-18-16-10-12(2)20-17-15(16)8-9-19-17/h8-9,12-14,16,18H,3-7,10-11H2,1-2H3/t12-,13?,14?,16?/m0/s1. The lowest BCUT2D eigenvalue weighted by atomic mass is 9.81. The highest BCUT2D eigenvalue weighted by Crippen LogP contribution is 2.44. The van der Waals surface area contributed by atoms with Crippen molar-refractivity contribution in [1.29, 1.82) is 0 Å². The molecule has 2 heterocycles. The van der Waals surface area contributed by atoms with Crippen LogP contribution in [0.1, 0.15) is 64.0 Å². The van der Waals surface area contributed by atoms with E-state index in [1.54, 1.807) is 9.77 Å². The summed E-state index contributed by atoms with van der Waals surface area (Å²) in [6.45, 7) is 5.95. The Morgan fingerprint density at radius 3 is 2.70 bits per heavy atom. The summed E-state index contributed by atoms with van der Waals surface area (Å²) < 4.78 is 1.55. The molecule has 1 aromatic rings. The predicted molar refractivity (Wildman–Crippen MR) is 90.7 cm³/mol. The molecule has 3 heteroatoms. The molecule has 3 rings (SSSR count). The molecule has 1 aliphatic carbocycles. The van der Waals surface area contributed by atoms with Gasteiger partial charge in [0.05, 0.1) is 4.21 Å². The summed E-state index contributed by atoms with van der Waals surface area (Å²) in [5.74, 6) is 1.94. The van der Waals surface area contributed by atoms with E-state index < -0.39 is 0 Å². The molecule has 1 aromatic heterocycles. The van der Waals surface area contributed by atoms with Gasteiger partial charge in [-0.05, 0) is 54.7 Å². The third-order valence-electron chi connectivity index (χ3n) is 5.11. The molecule has 0 aromatic carbocycles. The van der Waals surface area contributed by atoms with E-state index in [1.165, 1.54) is 45.1 Å². The second-order valence-corrected chi connectivity index (χ2v) is 9.21. The van der Waals surface area contributed by atoms with Crippen LogP contribution < -0.4 is 5.32 Å². The zero-order valence-corrected chi connectivity index (χ0v) is 14.4. The van der Waals surface area contributed by atoms with Crippen molar-refractivity contribution >= 4 is 23.1 Å². The van der Waals surface area contributed by atoms with Crippen LogP contribution in [0, 0.1) is 11.8 Å². The van der Waals surface area contributed by atoms with Crippen molar-refractivity contribution in [3.8, 4) is 0 Å². The van der Waals surface area contributed by atoms with E-state index in [4.69, 9.17) is 0 Å². The summed E-state index contributed by atoms with van der Waals surface area (Å²) in [5.41, 5.74) is 1.57. The van der Waals surface area contributed by atoms with Gasteiger partial charge in [-0.25, -0.2) is 0 Å². The monoisotopic (exact) mass is 309 g/mol. The number of fused-ring (bicyclic) bond motifs is 1. The lowest BCUT2D eigenvalue weighted by Crippen LogP contribution is -2.32. The van der Waals surface area contributed by atoms with E-state index in [1.807, 2.05) is 11.3 Å². The molecule has 1 nitrogen and oxygen atoms in total. The molecule has 112 valence electrons. The first-order chi connectivity index (χ1) is 9.76. The molecule has 1 unspecified atom stereocenters. The first kappa shape index (κ1) is 14.9. The Bertz CT molecular complexity index is 420. The number of rotatable bonds is 4. The van der Waals surface area contributed by atoms with Crippen LogP contribution in [0.5, 0.6) is 0 Å². The van der Waals surface area contributed by atoms with Crippen molar-refractivity contribution in [3.05, 3.63) is 17.0 Å². The zero-order chi connectivity index (χ0) is 13.9. The zero-order valence-electron chi connectivity index (χ0n) is 12.7. The summed E-state index contributed by atoms with van der Waals surface area (Å²) >= 11 is 3.99. The molecular formula is C17H27NS2. The van der Waals surface area contributed by atoms with E-state index in [2.05, 4.69) is 42.4 Å². The van der Waals surface area contributed by atoms with Gasteiger partial charge in [-0.15, -0.1) is 23.1 Å². The van der Waals surface area contributed by atoms with Crippen LogP contribution in [0.3, 0.4) is 0 Å². The fraction of sp³-hybridized carbons (Fsp3) is 0.765. The van der Waals surface area contributed by atoms with Gasteiger partial charge in [0.2, 0.25) is 0 Å². The van der Waals surface area contributed by atoms with E-state index in [0.29, 0.717) is 6.04 Å². The Labute approximate surface area is 131 Å². The van der Waals surface area contributed by atoms with E-state index in [9.17, 15) is 0 Å². The molecule has 0 amide bonds. The Balaban J connectivity index is 1.52. The SMILES string of the molecule is CCC1CCC(CNC2C[C@H](C)Sc3sccc32)CC1. The van der Waals surface area contributed by atoms with Crippen LogP contribution in [0.25, 0.3) is 0 Å². The van der Waals surface area contributed by atoms with Gasteiger partial charge in [-0.3, -0.25) is 0 Å². The molecule has 1 N–H and O–H groups in total. The van der Waals surface area contributed by atoms with Crippen molar-refractivity contribution in [2.75, 3.05) is 6.54 Å². The lowest BCUT2D eigenvalue weighted by Gasteiger charge is -2.32. The third kappa shape index (κ3) is 3.42. The summed E-state index contributed by atoms with van der Waals surface area (Å²) in [5, 5.41) is 6.91. The van der Waals surface area contributed by atoms with E-state index >= 15 is 0 Å². The average Bonchev–Trinajstić information content (AvgIpc) is 2.93. The molecule has 2 atom stereocenters. The van der Waals surface area contributed by atoms with Gasteiger partial charge in [0.1, 0.15) is 0 Å². The van der Waals surface area contributed by atoms with Crippen LogP contribution >= 0.6 is 23.1 Å². The van der Waals surface area contributed by atoms with Crippen LogP contribution in [-0.2, 0) is 0 Å². The first-order valence-electron chi connectivity index (χ1n) is 8.23. The van der Waals surface area contributed by atoms with Crippen molar-refractivity contribution in [3.63, 3.8) is 0 Å². The maximum atomic E-state index is 3.89. The van der Waals surface area contributed by atoms with E-state index in [-0.39, 0.29) is 0 Å². The van der Waals surface area contributed by atoms with Gasteiger partial charge in [0.25, 0.3) is 0 Å². The van der Waals surface area contributed by atoms with Crippen LogP contribution in [0.15, 0.2) is 15.7 Å². The number of hydrogen-bond donors (Lipinski definition) is 1. The molecule has 0 spiro atoms. The fourth-order valence-electron chi connectivity index (χ4n) is 3.70. The molecule has 1 saturated carbocycles. The molecule has 2 aliphatic rings. The molecular weight excluding hydrogens is 282 g/mol. The summed E-state index contributed by atoms with van der Waals surface area (Å²) in [4.78, 5) is 0. The van der Waals surface area contributed by atoms with Crippen molar-refractivity contribution in [1.82, 2.24) is 5.32 Å². The largest absolute Gasteiger partial charge is 0.310 e. The Morgan fingerprint density at radius 2 is 1.95 bits per heavy atom. The summed E-state index contributed by atoms with van der Waals surface area (Å²) in [6.07, 6.45) is 8.49. The average molecular weight is 310 g/mol. The van der Waals surface area contributed by atoms with Gasteiger partial charge >= 0.3 is 0 Å². The molecule has 0 radical (unpaired) electrons. The van der Waals surface area contributed by atoms with E-state index in [0.717, 1.165) is 17.1 Å². The van der Waals surface area contributed by atoms with Gasteiger partial charge in [-0.2, -0.15) is 0 Å². The van der Waals surface area contributed by atoms with Gasteiger partial charge in [0, 0.05) is 11.3 Å². The lowest BCUT2D eigenvalue weighted by molar-refractivity contribution is 0.255. The number of thioether (sulfide) groups is 1. The second-order valence-electron chi connectivity index (χ2n) is 6.58. The molecule has 20 heavy (non-hydrogen) atoms. The number of nitrogens with one attached hydrogen (secondary N) is 1. The van der Waals surface area contributed by atoms with Gasteiger partial charge in [-0.1, -0.05) is 33.1 Å². The molecule has 1 fully saturated rings. The Kier molecular flexibility index (Phi) is 5.11. The highest BCUT2D eigenvalue weighted by atomic mass is 32.2.